The van der Waals surface area contributed by atoms with Gasteiger partial charge in [-0.3, -0.25) is 9.69 Å². The predicted molar refractivity (Wildman–Crippen MR) is 69.5 cm³/mol. The summed E-state index contributed by atoms with van der Waals surface area (Å²) >= 11 is 8.09. The highest BCUT2D eigenvalue weighted by atomic mass is 32.1. The Morgan fingerprint density at radius 3 is 2.25 bits per heavy atom. The van der Waals surface area contributed by atoms with Gasteiger partial charge in [0.2, 0.25) is 5.91 Å². The minimum Gasteiger partial charge on any atom is -0.465 e. The Morgan fingerprint density at radius 1 is 1.44 bits per heavy atom. The summed E-state index contributed by atoms with van der Waals surface area (Å²) in [7, 11) is 1.34. The summed E-state index contributed by atoms with van der Waals surface area (Å²) in [6.45, 7) is 3.63. The zero-order chi connectivity index (χ0) is 12.9. The van der Waals surface area contributed by atoms with Gasteiger partial charge in [0.15, 0.2) is 0 Å². The molecular formula is C9H18N2O3S2. The van der Waals surface area contributed by atoms with Gasteiger partial charge < -0.3 is 10.4 Å². The maximum atomic E-state index is 11.8. The number of thiol groups is 2. The van der Waals surface area contributed by atoms with Crippen molar-refractivity contribution < 1.29 is 14.7 Å². The molecule has 0 aromatic rings. The van der Waals surface area contributed by atoms with Crippen molar-refractivity contribution in [3.05, 3.63) is 0 Å². The number of likely N-dealkylation sites (N-methyl/N-ethyl adjacent to an activating group) is 1. The highest BCUT2D eigenvalue weighted by Crippen LogP contribution is 2.07. The Balaban J connectivity index is 4.61. The van der Waals surface area contributed by atoms with Crippen LogP contribution in [0.2, 0.25) is 0 Å². The van der Waals surface area contributed by atoms with Gasteiger partial charge in [-0.2, -0.15) is 25.3 Å². The van der Waals surface area contributed by atoms with Crippen LogP contribution in [0.5, 0.6) is 0 Å². The van der Waals surface area contributed by atoms with Crippen LogP contribution >= 0.6 is 25.3 Å². The van der Waals surface area contributed by atoms with E-state index in [0.29, 0.717) is 5.75 Å². The number of carboxylic acid groups (broad SMARTS) is 1. The summed E-state index contributed by atoms with van der Waals surface area (Å²) in [6, 6.07) is -0.792. The van der Waals surface area contributed by atoms with Crippen LogP contribution in [-0.4, -0.2) is 52.1 Å². The molecule has 0 saturated carbocycles. The molecule has 1 atom stereocenters. The third-order valence-corrected chi connectivity index (χ3v) is 3.24. The molecule has 0 fully saturated rings. The van der Waals surface area contributed by atoms with E-state index >= 15 is 0 Å². The van der Waals surface area contributed by atoms with Crippen molar-refractivity contribution in [3.63, 3.8) is 0 Å². The van der Waals surface area contributed by atoms with E-state index in [4.69, 9.17) is 5.11 Å². The molecule has 7 heteroatoms. The normalized spacial score (nSPS) is 13.1. The molecule has 0 aliphatic rings. The number of amides is 2. The average Bonchev–Trinajstić information content (AvgIpc) is 2.17. The molecule has 0 radical (unpaired) electrons. The van der Waals surface area contributed by atoms with Crippen LogP contribution in [0.1, 0.15) is 13.8 Å². The van der Waals surface area contributed by atoms with E-state index in [1.807, 2.05) is 13.8 Å². The average molecular weight is 266 g/mol. The van der Waals surface area contributed by atoms with Crippen LogP contribution < -0.4 is 5.32 Å². The third-order valence-electron chi connectivity index (χ3n) is 2.10. The molecular weight excluding hydrogens is 248 g/mol. The first-order chi connectivity index (χ1) is 7.25. The van der Waals surface area contributed by atoms with E-state index < -0.39 is 17.7 Å². The molecule has 0 aliphatic heterocycles. The fourth-order valence-corrected chi connectivity index (χ4v) is 1.46. The molecule has 0 bridgehead atoms. The number of nitrogens with one attached hydrogen (secondary N) is 1. The molecule has 0 spiro atoms. The number of nitrogens with zero attached hydrogens (tertiary/aromatic N) is 1. The fourth-order valence-electron chi connectivity index (χ4n) is 0.971. The molecule has 0 rings (SSSR count). The van der Waals surface area contributed by atoms with Crippen LogP contribution in [0.15, 0.2) is 0 Å². The highest BCUT2D eigenvalue weighted by Gasteiger charge is 2.29. The largest absolute Gasteiger partial charge is 0.465 e. The first-order valence-corrected chi connectivity index (χ1v) is 6.01. The lowest BCUT2D eigenvalue weighted by Gasteiger charge is -2.29. The second-order valence-electron chi connectivity index (χ2n) is 4.12. The van der Waals surface area contributed by atoms with Crippen molar-refractivity contribution in [2.24, 2.45) is 0 Å². The second-order valence-corrected chi connectivity index (χ2v) is 4.80. The molecule has 1 unspecified atom stereocenters. The summed E-state index contributed by atoms with van der Waals surface area (Å²) < 4.78 is 0. The smallest absolute Gasteiger partial charge is 0.407 e. The van der Waals surface area contributed by atoms with Gasteiger partial charge in [-0.05, 0) is 13.8 Å². The summed E-state index contributed by atoms with van der Waals surface area (Å²) in [5.74, 6) is 0.241. The molecule has 0 heterocycles. The van der Waals surface area contributed by atoms with E-state index in [-0.39, 0.29) is 11.7 Å². The Hall–Kier alpha value is -0.560. The topological polar surface area (TPSA) is 69.6 Å². The monoisotopic (exact) mass is 266 g/mol. The van der Waals surface area contributed by atoms with Crippen molar-refractivity contribution in [3.8, 4) is 0 Å². The van der Waals surface area contributed by atoms with E-state index in [2.05, 4.69) is 30.6 Å². The number of rotatable bonds is 5. The quantitative estimate of drug-likeness (QED) is 0.554. The fraction of sp³-hybridized carbons (Fsp3) is 0.778. The molecule has 2 N–H and O–H groups in total. The SMILES string of the molecule is CN(C(=O)O)C(CS)C(=O)NC(C)(C)CS. The first-order valence-electron chi connectivity index (χ1n) is 4.74. The minimum absolute atomic E-state index is 0.136. The Bertz CT molecular complexity index is 271. The van der Waals surface area contributed by atoms with Gasteiger partial charge in [-0.25, -0.2) is 4.79 Å². The van der Waals surface area contributed by atoms with Crippen LogP contribution in [0.25, 0.3) is 0 Å². The lowest BCUT2D eigenvalue weighted by molar-refractivity contribution is -0.126. The van der Waals surface area contributed by atoms with Crippen LogP contribution in [0.4, 0.5) is 4.79 Å². The van der Waals surface area contributed by atoms with Gasteiger partial charge in [0.1, 0.15) is 6.04 Å². The molecule has 0 aromatic heterocycles. The van der Waals surface area contributed by atoms with E-state index in [1.54, 1.807) is 0 Å². The number of carbonyl (C=O) groups excluding carboxylic acids is 1. The molecule has 16 heavy (non-hydrogen) atoms. The van der Waals surface area contributed by atoms with Gasteiger partial charge in [0.25, 0.3) is 0 Å². The summed E-state index contributed by atoms with van der Waals surface area (Å²) in [6.07, 6.45) is -1.15. The first kappa shape index (κ1) is 15.4. The van der Waals surface area contributed by atoms with Crippen molar-refractivity contribution in [1.29, 1.82) is 0 Å². The standard InChI is InChI=1S/C9H18N2O3S2/c1-9(2,5-16)10-7(12)6(4-15)11(3)8(13)14/h6,15-16H,4-5H2,1-3H3,(H,10,12)(H,13,14). The van der Waals surface area contributed by atoms with E-state index in [0.717, 1.165) is 4.90 Å². The van der Waals surface area contributed by atoms with Gasteiger partial charge in [-0.15, -0.1) is 0 Å². The summed E-state index contributed by atoms with van der Waals surface area (Å²) in [5.41, 5.74) is -0.471. The highest BCUT2D eigenvalue weighted by molar-refractivity contribution is 7.80. The van der Waals surface area contributed by atoms with Gasteiger partial charge >= 0.3 is 6.09 Å². The van der Waals surface area contributed by atoms with E-state index in [1.165, 1.54) is 7.05 Å². The summed E-state index contributed by atoms with van der Waals surface area (Å²) in [5, 5.41) is 11.5. The third kappa shape index (κ3) is 4.52. The maximum Gasteiger partial charge on any atom is 0.407 e. The Morgan fingerprint density at radius 2 is 1.94 bits per heavy atom. The van der Waals surface area contributed by atoms with E-state index in [9.17, 15) is 9.59 Å². The number of hydrogen-bond acceptors (Lipinski definition) is 4. The van der Waals surface area contributed by atoms with Crippen molar-refractivity contribution >= 4 is 37.3 Å². The van der Waals surface area contributed by atoms with Crippen LogP contribution in [-0.2, 0) is 4.79 Å². The molecule has 0 aliphatic carbocycles. The van der Waals surface area contributed by atoms with Crippen molar-refractivity contribution in [2.75, 3.05) is 18.6 Å². The lowest BCUT2D eigenvalue weighted by Crippen LogP contribution is -2.54. The number of carbonyl (C=O) groups is 2. The molecule has 0 aromatic carbocycles. The Labute approximate surface area is 106 Å². The van der Waals surface area contributed by atoms with Crippen molar-refractivity contribution in [1.82, 2.24) is 10.2 Å². The van der Waals surface area contributed by atoms with Crippen LogP contribution in [0, 0.1) is 0 Å². The Kier molecular flexibility index (Phi) is 6.02. The molecule has 0 saturated heterocycles. The van der Waals surface area contributed by atoms with Gasteiger partial charge in [-0.1, -0.05) is 0 Å². The van der Waals surface area contributed by atoms with Crippen LogP contribution in [0.3, 0.4) is 0 Å². The zero-order valence-corrected chi connectivity index (χ0v) is 11.4. The minimum atomic E-state index is -1.15. The summed E-state index contributed by atoms with van der Waals surface area (Å²) in [4.78, 5) is 23.5. The van der Waals surface area contributed by atoms with Crippen molar-refractivity contribution in [2.45, 2.75) is 25.4 Å². The van der Waals surface area contributed by atoms with Gasteiger partial charge in [0, 0.05) is 24.1 Å². The zero-order valence-electron chi connectivity index (χ0n) is 9.60. The molecule has 2 amide bonds. The number of hydrogen-bond donors (Lipinski definition) is 4. The molecule has 94 valence electrons. The lowest BCUT2D eigenvalue weighted by atomic mass is 10.1. The maximum absolute atomic E-state index is 11.8. The second kappa shape index (κ2) is 6.24. The predicted octanol–water partition coefficient (Wildman–Crippen LogP) is 0.719. The molecule has 5 nitrogen and oxygen atoms in total. The van der Waals surface area contributed by atoms with Gasteiger partial charge in [0.05, 0.1) is 0 Å².